The van der Waals surface area contributed by atoms with Crippen LogP contribution < -0.4 is 30.9 Å². The first kappa shape index (κ1) is 19.3. The van der Waals surface area contributed by atoms with Crippen LogP contribution in [-0.4, -0.2) is 41.3 Å². The lowest BCUT2D eigenvalue weighted by atomic mass is 9.98. The van der Waals surface area contributed by atoms with Crippen molar-refractivity contribution in [2.24, 2.45) is 19.2 Å². The maximum Gasteiger partial charge on any atom is 0.333 e. The fourth-order valence-electron chi connectivity index (χ4n) is 3.26. The van der Waals surface area contributed by atoms with Gasteiger partial charge in [-0.15, -0.1) is 0 Å². The minimum Gasteiger partial charge on any atom is -0.494 e. The van der Waals surface area contributed by atoms with E-state index in [1.54, 1.807) is 6.07 Å². The molecule has 2 aromatic rings. The van der Waals surface area contributed by atoms with Crippen molar-refractivity contribution in [3.8, 4) is 23.1 Å². The van der Waals surface area contributed by atoms with Gasteiger partial charge >= 0.3 is 5.69 Å². The van der Waals surface area contributed by atoms with Gasteiger partial charge < -0.3 is 24.7 Å². The lowest BCUT2D eigenvalue weighted by Crippen LogP contribution is -2.39. The topological polar surface area (TPSA) is 116 Å². The number of benzene rings is 1. The molecule has 10 heteroatoms. The molecule has 3 rings (SSSR count). The van der Waals surface area contributed by atoms with Crippen LogP contribution in [0.25, 0.3) is 0 Å². The predicted octanol–water partition coefficient (Wildman–Crippen LogP) is 0.254. The van der Waals surface area contributed by atoms with Crippen LogP contribution in [0.1, 0.15) is 23.6 Å². The molecule has 0 amide bonds. The number of methoxy groups -OCH3 is 3. The summed E-state index contributed by atoms with van der Waals surface area (Å²) >= 11 is 0. The van der Waals surface area contributed by atoms with E-state index in [0.29, 0.717) is 29.4 Å². The fraction of sp³-hybridized carbons (Fsp3) is 0.389. The highest BCUT2D eigenvalue weighted by atomic mass is 16.5. The molecule has 0 aliphatic carbocycles. The average Bonchev–Trinajstić information content (AvgIpc) is 3.18. The van der Waals surface area contributed by atoms with Gasteiger partial charge in [0.05, 0.1) is 33.1 Å². The van der Waals surface area contributed by atoms with Crippen molar-refractivity contribution < 1.29 is 19.3 Å². The van der Waals surface area contributed by atoms with Gasteiger partial charge in [0.25, 0.3) is 5.56 Å². The summed E-state index contributed by atoms with van der Waals surface area (Å²) in [6.45, 7) is 0. The number of rotatable bonds is 5. The molecule has 2 heterocycles. The Bertz CT molecular complexity index is 1070. The minimum atomic E-state index is -0.615. The molecule has 0 radical (unpaired) electrons. The normalized spacial score (nSPS) is 15.8. The van der Waals surface area contributed by atoms with E-state index in [1.807, 2.05) is 6.07 Å². The highest BCUT2D eigenvalue weighted by Crippen LogP contribution is 2.43. The van der Waals surface area contributed by atoms with Crippen LogP contribution in [0.2, 0.25) is 0 Å². The molecule has 0 unspecified atom stereocenters. The van der Waals surface area contributed by atoms with Gasteiger partial charge in [0, 0.05) is 26.1 Å². The van der Waals surface area contributed by atoms with Gasteiger partial charge in [0.15, 0.2) is 11.5 Å². The molecule has 1 aromatic carbocycles. The Labute approximate surface area is 160 Å². The summed E-state index contributed by atoms with van der Waals surface area (Å²) in [7, 11) is 7.31. The van der Waals surface area contributed by atoms with E-state index < -0.39 is 17.1 Å². The molecule has 0 fully saturated rings. The van der Waals surface area contributed by atoms with Crippen LogP contribution in [0.4, 0.5) is 0 Å². The lowest BCUT2D eigenvalue weighted by Gasteiger charge is -2.19. The largest absolute Gasteiger partial charge is 0.494 e. The average molecular weight is 390 g/mol. The number of nitrogens with one attached hydrogen (secondary N) is 1. The summed E-state index contributed by atoms with van der Waals surface area (Å²) in [6, 6.07) is 3.24. The van der Waals surface area contributed by atoms with Crippen LogP contribution >= 0.6 is 0 Å². The molecule has 1 aromatic heterocycles. The zero-order valence-corrected chi connectivity index (χ0v) is 16.3. The minimum absolute atomic E-state index is 0.0148. The van der Waals surface area contributed by atoms with Crippen LogP contribution in [0.3, 0.4) is 0 Å². The molecule has 0 spiro atoms. The molecule has 1 aliphatic heterocycles. The zero-order valence-electron chi connectivity index (χ0n) is 16.3. The number of ether oxygens (including phenoxy) is 3. The Balaban J connectivity index is 2.02. The van der Waals surface area contributed by atoms with Crippen LogP contribution in [-0.2, 0) is 14.1 Å². The standard InChI is InChI=1S/C18H22N4O6/c1-21-16(23)13(17(24)22(2)18(21)25)11-8-10(19-20-11)9-6-7-12(26-3)15(28-5)14(9)27-4/h6-7,10,19,23H,8H2,1-5H3/t10-/m0/s1. The van der Waals surface area contributed by atoms with Crippen LogP contribution in [0.5, 0.6) is 23.1 Å². The first-order valence-corrected chi connectivity index (χ1v) is 8.45. The Morgan fingerprint density at radius 2 is 1.75 bits per heavy atom. The molecule has 0 bridgehead atoms. The van der Waals surface area contributed by atoms with Gasteiger partial charge in [-0.25, -0.2) is 4.79 Å². The maximum absolute atomic E-state index is 12.5. The molecule has 2 N–H and O–H groups in total. The van der Waals surface area contributed by atoms with Crippen LogP contribution in [0.15, 0.2) is 26.8 Å². The number of hydrazone groups is 1. The SMILES string of the molecule is COc1ccc([C@@H]2CC(c3c(O)n(C)c(=O)n(C)c3=O)=NN2)c(OC)c1OC. The summed E-state index contributed by atoms with van der Waals surface area (Å²) in [5.41, 5.74) is 2.81. The monoisotopic (exact) mass is 390 g/mol. The van der Waals surface area contributed by atoms with Gasteiger partial charge in [-0.1, -0.05) is 0 Å². The molecular formula is C18H22N4O6. The van der Waals surface area contributed by atoms with Gasteiger partial charge in [0.2, 0.25) is 11.6 Å². The first-order valence-electron chi connectivity index (χ1n) is 8.45. The van der Waals surface area contributed by atoms with E-state index in [-0.39, 0.29) is 11.6 Å². The highest BCUT2D eigenvalue weighted by molar-refractivity contribution is 6.03. The molecule has 150 valence electrons. The predicted molar refractivity (Wildman–Crippen MR) is 102 cm³/mol. The molecule has 0 saturated heterocycles. The fourth-order valence-corrected chi connectivity index (χ4v) is 3.26. The first-order chi connectivity index (χ1) is 13.3. The Morgan fingerprint density at radius 1 is 1.07 bits per heavy atom. The maximum atomic E-state index is 12.5. The zero-order chi connectivity index (χ0) is 20.6. The molecule has 28 heavy (non-hydrogen) atoms. The van der Waals surface area contributed by atoms with Crippen molar-refractivity contribution in [2.45, 2.75) is 12.5 Å². The Kier molecular flexibility index (Phi) is 5.04. The summed E-state index contributed by atoms with van der Waals surface area (Å²) in [6.07, 6.45) is 0.298. The third kappa shape index (κ3) is 2.86. The highest BCUT2D eigenvalue weighted by Gasteiger charge is 2.30. The number of hydrogen-bond donors (Lipinski definition) is 2. The third-order valence-electron chi connectivity index (χ3n) is 4.79. The molecular weight excluding hydrogens is 368 g/mol. The second-order valence-electron chi connectivity index (χ2n) is 6.27. The van der Waals surface area contributed by atoms with Gasteiger partial charge in [-0.05, 0) is 12.1 Å². The lowest BCUT2D eigenvalue weighted by molar-refractivity contribution is 0.320. The van der Waals surface area contributed by atoms with Crippen molar-refractivity contribution in [1.82, 2.24) is 14.6 Å². The van der Waals surface area contributed by atoms with Gasteiger partial charge in [-0.3, -0.25) is 13.9 Å². The van der Waals surface area contributed by atoms with E-state index >= 15 is 0 Å². The number of aromatic nitrogens is 2. The summed E-state index contributed by atoms with van der Waals surface area (Å²) in [5.74, 6) is 1.02. The smallest absolute Gasteiger partial charge is 0.333 e. The summed E-state index contributed by atoms with van der Waals surface area (Å²) < 4.78 is 18.1. The van der Waals surface area contributed by atoms with Crippen molar-refractivity contribution >= 4 is 5.71 Å². The molecule has 0 saturated carbocycles. The van der Waals surface area contributed by atoms with E-state index in [1.165, 1.54) is 35.4 Å². The summed E-state index contributed by atoms with van der Waals surface area (Å²) in [4.78, 5) is 24.5. The second kappa shape index (κ2) is 7.29. The Morgan fingerprint density at radius 3 is 2.36 bits per heavy atom. The molecule has 1 atom stereocenters. The summed E-state index contributed by atoms with van der Waals surface area (Å²) in [5, 5.41) is 14.6. The second-order valence-corrected chi connectivity index (χ2v) is 6.27. The van der Waals surface area contributed by atoms with Crippen molar-refractivity contribution in [2.75, 3.05) is 21.3 Å². The Hall–Kier alpha value is -3.43. The number of aromatic hydroxyl groups is 1. The quantitative estimate of drug-likeness (QED) is 0.752. The third-order valence-corrected chi connectivity index (χ3v) is 4.79. The molecule has 1 aliphatic rings. The van der Waals surface area contributed by atoms with Crippen molar-refractivity contribution in [3.05, 3.63) is 44.1 Å². The van der Waals surface area contributed by atoms with Crippen LogP contribution in [0, 0.1) is 0 Å². The van der Waals surface area contributed by atoms with Crippen molar-refractivity contribution in [1.29, 1.82) is 0 Å². The van der Waals surface area contributed by atoms with E-state index in [4.69, 9.17) is 14.2 Å². The number of nitrogens with zero attached hydrogens (tertiary/aromatic N) is 3. The number of hydrogen-bond acceptors (Lipinski definition) is 8. The van der Waals surface area contributed by atoms with Gasteiger partial charge in [0.1, 0.15) is 5.56 Å². The van der Waals surface area contributed by atoms with E-state index in [0.717, 1.165) is 14.7 Å². The van der Waals surface area contributed by atoms with E-state index in [2.05, 4.69) is 10.5 Å². The molecule has 10 nitrogen and oxygen atoms in total. The van der Waals surface area contributed by atoms with Crippen molar-refractivity contribution in [3.63, 3.8) is 0 Å². The van der Waals surface area contributed by atoms with E-state index in [9.17, 15) is 14.7 Å². The van der Waals surface area contributed by atoms with Gasteiger partial charge in [-0.2, -0.15) is 5.10 Å².